The Hall–Kier alpha value is -3.19. The van der Waals surface area contributed by atoms with Crippen LogP contribution in [0.2, 0.25) is 0 Å². The van der Waals surface area contributed by atoms with Crippen molar-refractivity contribution in [2.75, 3.05) is 32.8 Å². The Morgan fingerprint density at radius 3 is 2.48 bits per heavy atom. The average molecular weight is 391 g/mol. The van der Waals surface area contributed by atoms with Crippen molar-refractivity contribution < 1.29 is 9.53 Å². The van der Waals surface area contributed by atoms with Gasteiger partial charge in [0.15, 0.2) is 5.82 Å². The van der Waals surface area contributed by atoms with Crippen LogP contribution < -0.4 is 4.74 Å². The normalized spacial score (nSPS) is 14.7. The molecule has 1 amide bonds. The lowest BCUT2D eigenvalue weighted by Crippen LogP contribution is -2.48. The summed E-state index contributed by atoms with van der Waals surface area (Å²) in [4.78, 5) is 21.4. The largest absolute Gasteiger partial charge is 0.494 e. The monoisotopic (exact) mass is 391 g/mol. The first-order valence-corrected chi connectivity index (χ1v) is 9.92. The van der Waals surface area contributed by atoms with E-state index in [0.29, 0.717) is 18.0 Å². The summed E-state index contributed by atoms with van der Waals surface area (Å²) < 4.78 is 7.17. The molecule has 4 rings (SSSR count). The minimum Gasteiger partial charge on any atom is -0.494 e. The maximum Gasteiger partial charge on any atom is 0.255 e. The second kappa shape index (κ2) is 8.87. The van der Waals surface area contributed by atoms with Gasteiger partial charge in [-0.1, -0.05) is 12.1 Å². The third-order valence-corrected chi connectivity index (χ3v) is 5.03. The second-order valence-electron chi connectivity index (χ2n) is 7.00. The van der Waals surface area contributed by atoms with E-state index in [1.165, 1.54) is 5.56 Å². The number of carbonyl (C=O) groups excluding carboxylic acids is 1. The van der Waals surface area contributed by atoms with E-state index in [9.17, 15) is 4.79 Å². The van der Waals surface area contributed by atoms with E-state index in [0.717, 1.165) is 38.5 Å². The number of benzene rings is 1. The van der Waals surface area contributed by atoms with Gasteiger partial charge in [-0.2, -0.15) is 5.10 Å². The summed E-state index contributed by atoms with van der Waals surface area (Å²) in [6, 6.07) is 13.7. The molecule has 0 N–H and O–H groups in total. The number of nitrogens with zero attached hydrogens (tertiary/aromatic N) is 5. The van der Waals surface area contributed by atoms with E-state index < -0.39 is 0 Å². The maximum atomic E-state index is 12.8. The highest BCUT2D eigenvalue weighted by molar-refractivity contribution is 5.94. The molecule has 1 aliphatic rings. The highest BCUT2D eigenvalue weighted by Gasteiger charge is 2.22. The number of carbonyl (C=O) groups is 1. The minimum atomic E-state index is 0.0326. The average Bonchev–Trinajstić information content (AvgIpc) is 3.31. The standard InChI is InChI=1S/C22H25N5O2/c1-2-29-20-7-4-18(5-8-20)17-25-12-14-26(15-13-25)22(28)19-6-9-21(23-16-19)27-11-3-10-24-27/h3-11,16H,2,12-15,17H2,1H3. The number of rotatable bonds is 6. The van der Waals surface area contributed by atoms with Crippen molar-refractivity contribution >= 4 is 5.91 Å². The van der Waals surface area contributed by atoms with E-state index >= 15 is 0 Å². The van der Waals surface area contributed by atoms with Gasteiger partial charge in [-0.25, -0.2) is 9.67 Å². The fraction of sp³-hybridized carbons (Fsp3) is 0.318. The predicted octanol–water partition coefficient (Wildman–Crippen LogP) is 2.62. The fourth-order valence-corrected chi connectivity index (χ4v) is 3.46. The molecule has 29 heavy (non-hydrogen) atoms. The van der Waals surface area contributed by atoms with Crippen molar-refractivity contribution in [2.24, 2.45) is 0 Å². The molecular weight excluding hydrogens is 366 g/mol. The Morgan fingerprint density at radius 2 is 1.86 bits per heavy atom. The van der Waals surface area contributed by atoms with E-state index in [4.69, 9.17) is 4.74 Å². The lowest BCUT2D eigenvalue weighted by atomic mass is 10.1. The summed E-state index contributed by atoms with van der Waals surface area (Å²) in [5, 5.41) is 4.15. The summed E-state index contributed by atoms with van der Waals surface area (Å²) in [5.41, 5.74) is 1.87. The SMILES string of the molecule is CCOc1ccc(CN2CCN(C(=O)c3ccc(-n4cccn4)nc3)CC2)cc1. The van der Waals surface area contributed by atoms with Gasteiger partial charge < -0.3 is 9.64 Å². The molecule has 7 heteroatoms. The molecule has 0 spiro atoms. The highest BCUT2D eigenvalue weighted by Crippen LogP contribution is 2.16. The minimum absolute atomic E-state index is 0.0326. The number of hydrogen-bond acceptors (Lipinski definition) is 5. The van der Waals surface area contributed by atoms with Crippen molar-refractivity contribution in [2.45, 2.75) is 13.5 Å². The van der Waals surface area contributed by atoms with Crippen molar-refractivity contribution in [3.05, 3.63) is 72.2 Å². The van der Waals surface area contributed by atoms with Crippen LogP contribution >= 0.6 is 0 Å². The van der Waals surface area contributed by atoms with E-state index in [2.05, 4.69) is 27.1 Å². The molecule has 0 saturated carbocycles. The number of piperazine rings is 1. The van der Waals surface area contributed by atoms with Gasteiger partial charge in [0.05, 0.1) is 12.2 Å². The molecule has 0 radical (unpaired) electrons. The summed E-state index contributed by atoms with van der Waals surface area (Å²) in [5.74, 6) is 1.64. The lowest BCUT2D eigenvalue weighted by Gasteiger charge is -2.34. The number of aromatic nitrogens is 3. The van der Waals surface area contributed by atoms with Crippen LogP contribution in [0.4, 0.5) is 0 Å². The zero-order valence-electron chi connectivity index (χ0n) is 16.6. The van der Waals surface area contributed by atoms with Gasteiger partial charge in [0.1, 0.15) is 5.75 Å². The molecule has 0 atom stereocenters. The number of pyridine rings is 1. The molecule has 1 saturated heterocycles. The van der Waals surface area contributed by atoms with Crippen LogP contribution in [0.1, 0.15) is 22.8 Å². The van der Waals surface area contributed by atoms with Crippen LogP contribution in [-0.4, -0.2) is 63.3 Å². The Kier molecular flexibility index (Phi) is 5.86. The van der Waals surface area contributed by atoms with E-state index in [1.807, 2.05) is 48.4 Å². The van der Waals surface area contributed by atoms with Gasteiger partial charge in [0.25, 0.3) is 5.91 Å². The van der Waals surface area contributed by atoms with Crippen LogP contribution in [0.15, 0.2) is 61.1 Å². The zero-order valence-corrected chi connectivity index (χ0v) is 16.6. The molecule has 2 aromatic heterocycles. The molecule has 7 nitrogen and oxygen atoms in total. The molecule has 1 aliphatic heterocycles. The Morgan fingerprint density at radius 1 is 1.07 bits per heavy atom. The number of ether oxygens (including phenoxy) is 1. The zero-order chi connectivity index (χ0) is 20.1. The summed E-state index contributed by atoms with van der Waals surface area (Å²) in [6.07, 6.45) is 5.16. The highest BCUT2D eigenvalue weighted by atomic mass is 16.5. The molecule has 1 aromatic carbocycles. The molecule has 3 heterocycles. The third kappa shape index (κ3) is 4.63. The molecule has 1 fully saturated rings. The first-order chi connectivity index (χ1) is 14.2. The maximum absolute atomic E-state index is 12.8. The van der Waals surface area contributed by atoms with Gasteiger partial charge in [-0.15, -0.1) is 0 Å². The van der Waals surface area contributed by atoms with Crippen molar-refractivity contribution in [3.8, 4) is 11.6 Å². The Labute approximate surface area is 170 Å². The molecule has 0 bridgehead atoms. The summed E-state index contributed by atoms with van der Waals surface area (Å²) in [6.45, 7) is 6.70. The van der Waals surface area contributed by atoms with E-state index in [1.54, 1.807) is 17.1 Å². The van der Waals surface area contributed by atoms with Gasteiger partial charge >= 0.3 is 0 Å². The van der Waals surface area contributed by atoms with Gasteiger partial charge in [0.2, 0.25) is 0 Å². The van der Waals surface area contributed by atoms with Crippen LogP contribution in [-0.2, 0) is 6.54 Å². The Bertz CT molecular complexity index is 915. The van der Waals surface area contributed by atoms with Crippen molar-refractivity contribution in [3.63, 3.8) is 0 Å². The summed E-state index contributed by atoms with van der Waals surface area (Å²) in [7, 11) is 0. The predicted molar refractivity (Wildman–Crippen MR) is 110 cm³/mol. The van der Waals surface area contributed by atoms with Crippen molar-refractivity contribution in [1.29, 1.82) is 0 Å². The molecule has 0 aliphatic carbocycles. The van der Waals surface area contributed by atoms with Gasteiger partial charge in [-0.05, 0) is 42.8 Å². The number of hydrogen-bond donors (Lipinski definition) is 0. The van der Waals surface area contributed by atoms with Crippen LogP contribution in [0.5, 0.6) is 5.75 Å². The topological polar surface area (TPSA) is 63.5 Å². The van der Waals surface area contributed by atoms with Crippen LogP contribution in [0, 0.1) is 0 Å². The quantitative estimate of drug-likeness (QED) is 0.646. The fourth-order valence-electron chi connectivity index (χ4n) is 3.46. The van der Waals surface area contributed by atoms with Crippen molar-refractivity contribution in [1.82, 2.24) is 24.6 Å². The molecule has 150 valence electrons. The van der Waals surface area contributed by atoms with Crippen LogP contribution in [0.3, 0.4) is 0 Å². The van der Waals surface area contributed by atoms with Gasteiger partial charge in [0, 0.05) is 51.3 Å². The molecule has 0 unspecified atom stereocenters. The first-order valence-electron chi connectivity index (χ1n) is 9.92. The third-order valence-electron chi connectivity index (χ3n) is 5.03. The smallest absolute Gasteiger partial charge is 0.255 e. The number of amides is 1. The molecular formula is C22H25N5O2. The Balaban J connectivity index is 1.30. The summed E-state index contributed by atoms with van der Waals surface area (Å²) >= 11 is 0. The lowest BCUT2D eigenvalue weighted by molar-refractivity contribution is 0.0628. The molecule has 3 aromatic rings. The van der Waals surface area contributed by atoms with Crippen LogP contribution in [0.25, 0.3) is 5.82 Å². The van der Waals surface area contributed by atoms with E-state index in [-0.39, 0.29) is 5.91 Å². The second-order valence-corrected chi connectivity index (χ2v) is 7.00. The van der Waals surface area contributed by atoms with Gasteiger partial charge in [-0.3, -0.25) is 9.69 Å². The first kappa shape index (κ1) is 19.1.